The first kappa shape index (κ1) is 18.5. The van der Waals surface area contributed by atoms with E-state index in [0.29, 0.717) is 30.3 Å². The van der Waals surface area contributed by atoms with Crippen LogP contribution in [0.15, 0.2) is 53.2 Å². The normalized spacial score (nSPS) is 14.7. The Morgan fingerprint density at radius 1 is 1.00 bits per heavy atom. The molecule has 27 heavy (non-hydrogen) atoms. The number of rotatable bonds is 7. The van der Waals surface area contributed by atoms with Crippen molar-refractivity contribution in [1.82, 2.24) is 0 Å². The topological polar surface area (TPSA) is 66.3 Å². The average molecular weight is 367 g/mol. The highest BCUT2D eigenvalue weighted by atomic mass is 16.6. The fourth-order valence-electron chi connectivity index (χ4n) is 2.60. The summed E-state index contributed by atoms with van der Waals surface area (Å²) in [5.41, 5.74) is 1.70. The van der Waals surface area contributed by atoms with Gasteiger partial charge in [-0.1, -0.05) is 6.07 Å². The highest BCUT2D eigenvalue weighted by molar-refractivity contribution is 6.12. The van der Waals surface area contributed by atoms with Crippen LogP contribution in [0.3, 0.4) is 0 Å². The Hall–Kier alpha value is -3.28. The fraction of sp³-hybridized carbons (Fsp3) is 0.238. The number of hydrogen-bond acceptors (Lipinski definition) is 6. The first-order chi connectivity index (χ1) is 13.1. The maximum Gasteiger partial charge on any atom is 0.363 e. The maximum atomic E-state index is 12.2. The molecule has 0 amide bonds. The van der Waals surface area contributed by atoms with Crippen LogP contribution in [0.2, 0.25) is 0 Å². The lowest BCUT2D eigenvalue weighted by molar-refractivity contribution is -0.129. The van der Waals surface area contributed by atoms with Gasteiger partial charge in [0, 0.05) is 5.56 Å². The Morgan fingerprint density at radius 2 is 1.74 bits per heavy atom. The molecule has 1 aliphatic heterocycles. The van der Waals surface area contributed by atoms with E-state index in [0.717, 1.165) is 11.3 Å². The lowest BCUT2D eigenvalue weighted by Crippen LogP contribution is -2.05. The van der Waals surface area contributed by atoms with E-state index in [4.69, 9.17) is 18.9 Å². The second kappa shape index (κ2) is 8.40. The van der Waals surface area contributed by atoms with Crippen molar-refractivity contribution in [3.8, 4) is 17.2 Å². The number of hydrogen-bond donors (Lipinski definition) is 0. The van der Waals surface area contributed by atoms with Crippen molar-refractivity contribution >= 4 is 17.9 Å². The van der Waals surface area contributed by atoms with E-state index in [1.807, 2.05) is 32.0 Å². The molecule has 0 bridgehead atoms. The van der Waals surface area contributed by atoms with E-state index in [-0.39, 0.29) is 11.6 Å². The molecule has 0 radical (unpaired) electrons. The van der Waals surface area contributed by atoms with Crippen LogP contribution in [0.5, 0.6) is 17.2 Å². The SMILES string of the molecule is CCOc1ccc(C2=N/C(=C\c3ccc(OCC)c(OC)c3)C(=O)O2)cc1. The molecule has 140 valence electrons. The quantitative estimate of drug-likeness (QED) is 0.549. The highest BCUT2D eigenvalue weighted by Crippen LogP contribution is 2.29. The van der Waals surface area contributed by atoms with E-state index < -0.39 is 5.97 Å². The van der Waals surface area contributed by atoms with Gasteiger partial charge in [-0.15, -0.1) is 0 Å². The molecular formula is C21H21NO5. The standard InChI is InChI=1S/C21H21NO5/c1-4-25-16-9-7-15(8-10-16)20-22-17(21(23)27-20)12-14-6-11-18(26-5-2)19(13-14)24-3/h6-13H,4-5H2,1-3H3/b17-12-. The number of aliphatic imine (C=N–C) groups is 1. The predicted octanol–water partition coefficient (Wildman–Crippen LogP) is 3.84. The third-order valence-electron chi connectivity index (χ3n) is 3.82. The summed E-state index contributed by atoms with van der Waals surface area (Å²) in [6.07, 6.45) is 1.65. The molecule has 6 nitrogen and oxygen atoms in total. The van der Waals surface area contributed by atoms with E-state index in [9.17, 15) is 4.79 Å². The number of carbonyl (C=O) groups is 1. The molecule has 0 unspecified atom stereocenters. The van der Waals surface area contributed by atoms with Crippen LogP contribution < -0.4 is 14.2 Å². The number of ether oxygens (including phenoxy) is 4. The van der Waals surface area contributed by atoms with Gasteiger partial charge in [-0.25, -0.2) is 9.79 Å². The summed E-state index contributed by atoms with van der Waals surface area (Å²) in [5.74, 6) is 1.77. The van der Waals surface area contributed by atoms with Crippen LogP contribution in [0.25, 0.3) is 6.08 Å². The van der Waals surface area contributed by atoms with Crippen molar-refractivity contribution in [3.05, 3.63) is 59.3 Å². The van der Waals surface area contributed by atoms with Gasteiger partial charge in [0.2, 0.25) is 5.90 Å². The molecule has 1 heterocycles. The Bertz CT molecular complexity index is 884. The molecular weight excluding hydrogens is 346 g/mol. The lowest BCUT2D eigenvalue weighted by Gasteiger charge is -2.09. The number of esters is 1. The van der Waals surface area contributed by atoms with Gasteiger partial charge in [0.05, 0.1) is 20.3 Å². The number of methoxy groups -OCH3 is 1. The summed E-state index contributed by atoms with van der Waals surface area (Å²) < 4.78 is 21.5. The van der Waals surface area contributed by atoms with Gasteiger partial charge in [-0.05, 0) is 61.9 Å². The summed E-state index contributed by atoms with van der Waals surface area (Å²) in [7, 11) is 1.57. The number of benzene rings is 2. The molecule has 0 fully saturated rings. The molecule has 2 aromatic carbocycles. The minimum atomic E-state index is -0.494. The monoisotopic (exact) mass is 367 g/mol. The van der Waals surface area contributed by atoms with Crippen molar-refractivity contribution < 1.29 is 23.7 Å². The molecule has 0 spiro atoms. The Balaban J connectivity index is 1.85. The smallest absolute Gasteiger partial charge is 0.363 e. The highest BCUT2D eigenvalue weighted by Gasteiger charge is 2.24. The Labute approximate surface area is 158 Å². The predicted molar refractivity (Wildman–Crippen MR) is 102 cm³/mol. The van der Waals surface area contributed by atoms with Gasteiger partial charge in [-0.3, -0.25) is 0 Å². The molecule has 0 aromatic heterocycles. The zero-order valence-corrected chi connectivity index (χ0v) is 15.5. The molecule has 0 atom stereocenters. The molecule has 1 aliphatic rings. The molecule has 2 aromatic rings. The largest absolute Gasteiger partial charge is 0.494 e. The minimum Gasteiger partial charge on any atom is -0.494 e. The second-order valence-corrected chi connectivity index (χ2v) is 5.64. The molecule has 0 saturated heterocycles. The van der Waals surface area contributed by atoms with Crippen LogP contribution in [0, 0.1) is 0 Å². The third kappa shape index (κ3) is 4.28. The van der Waals surface area contributed by atoms with Gasteiger partial charge >= 0.3 is 5.97 Å². The van der Waals surface area contributed by atoms with Crippen LogP contribution >= 0.6 is 0 Å². The first-order valence-corrected chi connectivity index (χ1v) is 8.71. The van der Waals surface area contributed by atoms with Crippen LogP contribution in [-0.2, 0) is 9.53 Å². The average Bonchev–Trinajstić information content (AvgIpc) is 3.04. The summed E-state index contributed by atoms with van der Waals surface area (Å²) >= 11 is 0. The lowest BCUT2D eigenvalue weighted by atomic mass is 10.1. The summed E-state index contributed by atoms with van der Waals surface area (Å²) in [5, 5.41) is 0. The third-order valence-corrected chi connectivity index (χ3v) is 3.82. The van der Waals surface area contributed by atoms with Gasteiger partial charge < -0.3 is 18.9 Å². The van der Waals surface area contributed by atoms with Crippen molar-refractivity contribution in [2.75, 3.05) is 20.3 Å². The van der Waals surface area contributed by atoms with E-state index in [1.54, 1.807) is 37.5 Å². The minimum absolute atomic E-state index is 0.227. The number of nitrogens with zero attached hydrogens (tertiary/aromatic N) is 1. The van der Waals surface area contributed by atoms with E-state index >= 15 is 0 Å². The Kier molecular flexibility index (Phi) is 5.76. The first-order valence-electron chi connectivity index (χ1n) is 8.71. The molecule has 0 saturated carbocycles. The van der Waals surface area contributed by atoms with Gasteiger partial charge in [0.15, 0.2) is 17.2 Å². The molecule has 3 rings (SSSR count). The molecule has 0 aliphatic carbocycles. The van der Waals surface area contributed by atoms with Gasteiger partial charge in [0.1, 0.15) is 5.75 Å². The fourth-order valence-corrected chi connectivity index (χ4v) is 2.60. The zero-order valence-electron chi connectivity index (χ0n) is 15.5. The van der Waals surface area contributed by atoms with Gasteiger partial charge in [-0.2, -0.15) is 0 Å². The van der Waals surface area contributed by atoms with Crippen molar-refractivity contribution in [3.63, 3.8) is 0 Å². The maximum absolute atomic E-state index is 12.2. The van der Waals surface area contributed by atoms with Crippen LogP contribution in [0.4, 0.5) is 0 Å². The van der Waals surface area contributed by atoms with Gasteiger partial charge in [0.25, 0.3) is 0 Å². The summed E-state index contributed by atoms with van der Waals surface area (Å²) in [4.78, 5) is 16.5. The number of carbonyl (C=O) groups excluding carboxylic acids is 1. The summed E-state index contributed by atoms with van der Waals surface area (Å²) in [6.45, 7) is 4.96. The Morgan fingerprint density at radius 3 is 2.41 bits per heavy atom. The van der Waals surface area contributed by atoms with Crippen LogP contribution in [-0.4, -0.2) is 32.2 Å². The van der Waals surface area contributed by atoms with Crippen molar-refractivity contribution in [1.29, 1.82) is 0 Å². The van der Waals surface area contributed by atoms with Crippen molar-refractivity contribution in [2.45, 2.75) is 13.8 Å². The molecule has 6 heteroatoms. The zero-order chi connectivity index (χ0) is 19.2. The van der Waals surface area contributed by atoms with Crippen LogP contribution in [0.1, 0.15) is 25.0 Å². The molecule has 0 N–H and O–H groups in total. The van der Waals surface area contributed by atoms with Crippen molar-refractivity contribution in [2.24, 2.45) is 4.99 Å². The number of cyclic esters (lactones) is 1. The van der Waals surface area contributed by atoms with E-state index in [1.165, 1.54) is 0 Å². The summed E-state index contributed by atoms with van der Waals surface area (Å²) in [6, 6.07) is 12.7. The second-order valence-electron chi connectivity index (χ2n) is 5.64. The van der Waals surface area contributed by atoms with E-state index in [2.05, 4.69) is 4.99 Å².